The Bertz CT molecular complexity index is 443. The Hall–Kier alpha value is -2.37. The first-order chi connectivity index (χ1) is 8.67. The molecule has 0 unspecified atom stereocenters. The minimum Gasteiger partial charge on any atom is -0.460 e. The molecule has 0 saturated heterocycles. The van der Waals surface area contributed by atoms with Gasteiger partial charge in [-0.05, 0) is 12.5 Å². The van der Waals surface area contributed by atoms with E-state index in [-0.39, 0.29) is 13.0 Å². The molecule has 18 heavy (non-hydrogen) atoms. The Morgan fingerprint density at radius 2 is 2.00 bits per heavy atom. The van der Waals surface area contributed by atoms with Gasteiger partial charge < -0.3 is 15.3 Å². The van der Waals surface area contributed by atoms with E-state index in [0.29, 0.717) is 0 Å². The van der Waals surface area contributed by atoms with Crippen LogP contribution in [0.5, 0.6) is 0 Å². The van der Waals surface area contributed by atoms with Gasteiger partial charge in [0.25, 0.3) is 5.84 Å². The number of carbonyl (C=O) groups is 2. The molecule has 6 nitrogen and oxygen atoms in total. The Morgan fingerprint density at radius 1 is 1.33 bits per heavy atom. The van der Waals surface area contributed by atoms with Gasteiger partial charge in [-0.1, -0.05) is 35.5 Å². The molecular formula is C12H14N2O4. The van der Waals surface area contributed by atoms with Gasteiger partial charge in [0.15, 0.2) is 0 Å². The van der Waals surface area contributed by atoms with Crippen LogP contribution in [0.3, 0.4) is 0 Å². The standard InChI is InChI=1S/C12H14N2O4/c1-2-18-12(16)11(14-17)13-10(15)8-9-6-4-3-5-7-9/h3-7,17H,2,8H2,1H3,(H,13,14,15). The summed E-state index contributed by atoms with van der Waals surface area (Å²) in [6.07, 6.45) is 0.0826. The van der Waals surface area contributed by atoms with Gasteiger partial charge >= 0.3 is 5.97 Å². The van der Waals surface area contributed by atoms with Crippen molar-refractivity contribution in [3.63, 3.8) is 0 Å². The molecule has 0 aliphatic rings. The number of esters is 1. The molecule has 0 saturated carbocycles. The number of oxime groups is 1. The van der Waals surface area contributed by atoms with Gasteiger partial charge in [-0.3, -0.25) is 4.79 Å². The van der Waals surface area contributed by atoms with E-state index >= 15 is 0 Å². The normalized spacial score (nSPS) is 10.8. The fraction of sp³-hybridized carbons (Fsp3) is 0.250. The molecule has 1 amide bonds. The van der Waals surface area contributed by atoms with Gasteiger partial charge in [-0.2, -0.15) is 0 Å². The number of nitrogens with zero attached hydrogens (tertiary/aromatic N) is 1. The van der Waals surface area contributed by atoms with Crippen molar-refractivity contribution in [2.45, 2.75) is 13.3 Å². The van der Waals surface area contributed by atoms with Gasteiger partial charge in [0.1, 0.15) is 0 Å². The van der Waals surface area contributed by atoms with Crippen molar-refractivity contribution in [2.24, 2.45) is 5.16 Å². The van der Waals surface area contributed by atoms with E-state index in [1.165, 1.54) is 0 Å². The summed E-state index contributed by atoms with van der Waals surface area (Å²) in [4.78, 5) is 22.8. The highest BCUT2D eigenvalue weighted by Crippen LogP contribution is 1.99. The third-order valence-corrected chi connectivity index (χ3v) is 2.03. The zero-order chi connectivity index (χ0) is 13.4. The molecule has 0 aliphatic carbocycles. The lowest BCUT2D eigenvalue weighted by atomic mass is 10.1. The van der Waals surface area contributed by atoms with Crippen LogP contribution in [0, 0.1) is 0 Å². The minimum absolute atomic E-state index is 0.0826. The largest absolute Gasteiger partial charge is 0.460 e. The van der Waals surface area contributed by atoms with Crippen molar-refractivity contribution in [1.29, 1.82) is 0 Å². The average Bonchev–Trinajstić information content (AvgIpc) is 2.37. The highest BCUT2D eigenvalue weighted by atomic mass is 16.5. The molecule has 0 aromatic heterocycles. The molecule has 2 N–H and O–H groups in total. The summed E-state index contributed by atoms with van der Waals surface area (Å²) in [6, 6.07) is 8.99. The molecule has 0 heterocycles. The van der Waals surface area contributed by atoms with Crippen LogP contribution in [0.25, 0.3) is 0 Å². The lowest BCUT2D eigenvalue weighted by Crippen LogP contribution is -2.38. The Morgan fingerprint density at radius 3 is 2.56 bits per heavy atom. The zero-order valence-corrected chi connectivity index (χ0v) is 9.92. The van der Waals surface area contributed by atoms with E-state index in [0.717, 1.165) is 5.56 Å². The number of benzene rings is 1. The van der Waals surface area contributed by atoms with Crippen LogP contribution in [0.15, 0.2) is 35.5 Å². The van der Waals surface area contributed by atoms with E-state index in [1.807, 2.05) is 6.07 Å². The second kappa shape index (κ2) is 7.05. The first-order valence-corrected chi connectivity index (χ1v) is 5.40. The summed E-state index contributed by atoms with van der Waals surface area (Å²) in [6.45, 7) is 1.74. The van der Waals surface area contributed by atoms with E-state index in [4.69, 9.17) is 5.21 Å². The molecular weight excluding hydrogens is 236 g/mol. The number of hydrogen-bond donors (Lipinski definition) is 2. The fourth-order valence-corrected chi connectivity index (χ4v) is 1.27. The summed E-state index contributed by atoms with van der Waals surface area (Å²) >= 11 is 0. The van der Waals surface area contributed by atoms with Crippen LogP contribution in [-0.4, -0.2) is 29.5 Å². The van der Waals surface area contributed by atoms with Crippen LogP contribution in [0.4, 0.5) is 0 Å². The van der Waals surface area contributed by atoms with Gasteiger partial charge in [-0.25, -0.2) is 4.79 Å². The smallest absolute Gasteiger partial charge is 0.377 e. The molecule has 6 heteroatoms. The number of nitrogens with one attached hydrogen (secondary N) is 1. The molecule has 1 rings (SSSR count). The van der Waals surface area contributed by atoms with Crippen molar-refractivity contribution < 1.29 is 19.5 Å². The maximum Gasteiger partial charge on any atom is 0.377 e. The first-order valence-electron chi connectivity index (χ1n) is 5.40. The van der Waals surface area contributed by atoms with Gasteiger partial charge in [0, 0.05) is 0 Å². The lowest BCUT2D eigenvalue weighted by Gasteiger charge is -2.06. The van der Waals surface area contributed by atoms with Crippen molar-refractivity contribution in [1.82, 2.24) is 5.32 Å². The van der Waals surface area contributed by atoms with E-state index in [2.05, 4.69) is 15.2 Å². The summed E-state index contributed by atoms with van der Waals surface area (Å²) in [5, 5.41) is 13.5. The number of rotatable bonds is 3. The number of hydrogen-bond acceptors (Lipinski definition) is 5. The molecule has 96 valence electrons. The predicted molar refractivity (Wildman–Crippen MR) is 64.1 cm³/mol. The molecule has 0 aliphatic heterocycles. The maximum atomic E-state index is 11.6. The van der Waals surface area contributed by atoms with E-state index in [1.54, 1.807) is 31.2 Å². The Balaban J connectivity index is 2.56. The highest BCUT2D eigenvalue weighted by molar-refractivity contribution is 6.38. The van der Waals surface area contributed by atoms with Gasteiger partial charge in [-0.15, -0.1) is 0 Å². The summed E-state index contributed by atoms with van der Waals surface area (Å²) in [7, 11) is 0. The molecule has 0 atom stereocenters. The van der Waals surface area contributed by atoms with Crippen LogP contribution in [0.2, 0.25) is 0 Å². The highest BCUT2D eigenvalue weighted by Gasteiger charge is 2.16. The lowest BCUT2D eigenvalue weighted by molar-refractivity contribution is -0.136. The number of amides is 1. The monoisotopic (exact) mass is 250 g/mol. The van der Waals surface area contributed by atoms with Crippen LogP contribution in [-0.2, 0) is 20.7 Å². The molecule has 1 aromatic carbocycles. The summed E-state index contributed by atoms with van der Waals surface area (Å²) in [5.41, 5.74) is 0.788. The van der Waals surface area contributed by atoms with Gasteiger partial charge in [0.05, 0.1) is 13.0 Å². The number of amidine groups is 1. The second-order valence-electron chi connectivity index (χ2n) is 3.38. The van der Waals surface area contributed by atoms with Crippen LogP contribution < -0.4 is 5.32 Å². The van der Waals surface area contributed by atoms with Crippen LogP contribution in [0.1, 0.15) is 12.5 Å². The maximum absolute atomic E-state index is 11.6. The third kappa shape index (κ3) is 4.25. The molecule has 0 spiro atoms. The molecule has 0 radical (unpaired) electrons. The Labute approximate surface area is 104 Å². The number of carbonyl (C=O) groups excluding carboxylic acids is 2. The SMILES string of the molecule is CCOC(=O)/C(=N\O)NC(=O)Cc1ccccc1. The zero-order valence-electron chi connectivity index (χ0n) is 9.92. The summed E-state index contributed by atoms with van der Waals surface area (Å²) < 4.78 is 4.60. The van der Waals surface area contributed by atoms with E-state index < -0.39 is 17.7 Å². The van der Waals surface area contributed by atoms with Crippen molar-refractivity contribution in [3.8, 4) is 0 Å². The topological polar surface area (TPSA) is 88.0 Å². The average molecular weight is 250 g/mol. The van der Waals surface area contributed by atoms with Gasteiger partial charge in [0.2, 0.25) is 5.91 Å². The van der Waals surface area contributed by atoms with Crippen molar-refractivity contribution in [3.05, 3.63) is 35.9 Å². The molecule has 0 fully saturated rings. The first kappa shape index (κ1) is 13.7. The minimum atomic E-state index is -0.874. The predicted octanol–water partition coefficient (Wildman–Crippen LogP) is 0.696. The van der Waals surface area contributed by atoms with Crippen molar-refractivity contribution >= 4 is 17.7 Å². The second-order valence-corrected chi connectivity index (χ2v) is 3.38. The molecule has 1 aromatic rings. The Kier molecular flexibility index (Phi) is 5.37. The quantitative estimate of drug-likeness (QED) is 0.272. The number of ether oxygens (including phenoxy) is 1. The molecule has 0 bridgehead atoms. The van der Waals surface area contributed by atoms with Crippen molar-refractivity contribution in [2.75, 3.05) is 6.61 Å². The van der Waals surface area contributed by atoms with Crippen LogP contribution >= 0.6 is 0 Å². The fourth-order valence-electron chi connectivity index (χ4n) is 1.27. The summed E-state index contributed by atoms with van der Waals surface area (Å²) in [5.74, 6) is -1.85. The van der Waals surface area contributed by atoms with E-state index in [9.17, 15) is 9.59 Å². The third-order valence-electron chi connectivity index (χ3n) is 2.03.